The number of nitrogens with zero attached hydrogens (tertiary/aromatic N) is 1. The van der Waals surface area contributed by atoms with E-state index in [1.165, 1.54) is 0 Å². The van der Waals surface area contributed by atoms with Crippen molar-refractivity contribution in [2.75, 3.05) is 12.3 Å². The number of pyridine rings is 1. The predicted octanol–water partition coefficient (Wildman–Crippen LogP) is 2.51. The fraction of sp³-hybridized carbons (Fsp3) is 0.143. The molecule has 2 aromatic rings. The van der Waals surface area contributed by atoms with Crippen molar-refractivity contribution in [1.29, 1.82) is 0 Å². The lowest BCUT2D eigenvalue weighted by molar-refractivity contribution is 0.0527. The lowest BCUT2D eigenvalue weighted by Gasteiger charge is -2.09. The average molecular weight is 242 g/mol. The third-order valence-electron chi connectivity index (χ3n) is 2.53. The van der Waals surface area contributed by atoms with Crippen LogP contribution in [0.15, 0.2) is 42.6 Å². The van der Waals surface area contributed by atoms with E-state index in [0.717, 1.165) is 5.56 Å². The molecule has 0 aliphatic heterocycles. The SMILES string of the molecule is CCOC(=O)c1ccnc(-c2ccccc2)c1N. The number of carbonyl (C=O) groups excluding carboxylic acids is 1. The van der Waals surface area contributed by atoms with E-state index in [1.54, 1.807) is 19.2 Å². The monoisotopic (exact) mass is 242 g/mol. The molecule has 18 heavy (non-hydrogen) atoms. The second-order valence-electron chi connectivity index (χ2n) is 3.71. The average Bonchev–Trinajstić information content (AvgIpc) is 2.40. The van der Waals surface area contributed by atoms with Crippen molar-refractivity contribution >= 4 is 11.7 Å². The Morgan fingerprint density at radius 2 is 2.00 bits per heavy atom. The van der Waals surface area contributed by atoms with Crippen LogP contribution in [0.3, 0.4) is 0 Å². The van der Waals surface area contributed by atoms with Crippen molar-refractivity contribution in [2.45, 2.75) is 6.92 Å². The zero-order chi connectivity index (χ0) is 13.0. The van der Waals surface area contributed by atoms with Crippen molar-refractivity contribution in [3.8, 4) is 11.3 Å². The Kier molecular flexibility index (Phi) is 3.57. The van der Waals surface area contributed by atoms with Gasteiger partial charge in [0, 0.05) is 11.8 Å². The Morgan fingerprint density at radius 1 is 1.28 bits per heavy atom. The van der Waals surface area contributed by atoms with Gasteiger partial charge in [-0.1, -0.05) is 30.3 Å². The summed E-state index contributed by atoms with van der Waals surface area (Å²) in [6.45, 7) is 2.08. The summed E-state index contributed by atoms with van der Waals surface area (Å²) in [7, 11) is 0. The van der Waals surface area contributed by atoms with Gasteiger partial charge in [0.1, 0.15) is 0 Å². The minimum absolute atomic E-state index is 0.321. The first-order chi connectivity index (χ1) is 8.74. The summed E-state index contributed by atoms with van der Waals surface area (Å²) in [4.78, 5) is 15.9. The number of esters is 1. The molecule has 1 aromatic heterocycles. The van der Waals surface area contributed by atoms with Crippen LogP contribution in [0.4, 0.5) is 5.69 Å². The fourth-order valence-electron chi connectivity index (χ4n) is 1.69. The maximum Gasteiger partial charge on any atom is 0.340 e. The molecule has 0 radical (unpaired) electrons. The highest BCUT2D eigenvalue weighted by molar-refractivity contribution is 5.98. The van der Waals surface area contributed by atoms with Crippen LogP contribution in [0.25, 0.3) is 11.3 Å². The van der Waals surface area contributed by atoms with Crippen molar-refractivity contribution in [3.05, 3.63) is 48.2 Å². The molecule has 0 fully saturated rings. The van der Waals surface area contributed by atoms with Crippen LogP contribution in [-0.2, 0) is 4.74 Å². The summed E-state index contributed by atoms with van der Waals surface area (Å²) < 4.78 is 4.95. The smallest absolute Gasteiger partial charge is 0.340 e. The zero-order valence-corrected chi connectivity index (χ0v) is 10.1. The van der Waals surface area contributed by atoms with E-state index >= 15 is 0 Å². The van der Waals surface area contributed by atoms with E-state index in [1.807, 2.05) is 30.3 Å². The standard InChI is InChI=1S/C14H14N2O2/c1-2-18-14(17)11-8-9-16-13(12(11)15)10-6-4-3-5-7-10/h3-9H,2,15H2,1H3. The number of nitrogens with two attached hydrogens (primary N) is 1. The van der Waals surface area contributed by atoms with Crippen LogP contribution in [0.5, 0.6) is 0 Å². The molecular weight excluding hydrogens is 228 g/mol. The van der Waals surface area contributed by atoms with Gasteiger partial charge in [0.25, 0.3) is 0 Å². The summed E-state index contributed by atoms with van der Waals surface area (Å²) in [5.41, 5.74) is 8.16. The minimum atomic E-state index is -0.422. The van der Waals surface area contributed by atoms with Gasteiger partial charge >= 0.3 is 5.97 Å². The van der Waals surface area contributed by atoms with Gasteiger partial charge in [0.05, 0.1) is 23.6 Å². The molecule has 0 atom stereocenters. The highest BCUT2D eigenvalue weighted by Crippen LogP contribution is 2.26. The first-order valence-electron chi connectivity index (χ1n) is 5.71. The number of anilines is 1. The minimum Gasteiger partial charge on any atom is -0.462 e. The molecule has 2 rings (SSSR count). The number of hydrogen-bond donors (Lipinski definition) is 1. The molecule has 0 spiro atoms. The van der Waals surface area contributed by atoms with E-state index in [0.29, 0.717) is 23.6 Å². The van der Waals surface area contributed by atoms with Gasteiger partial charge in [-0.15, -0.1) is 0 Å². The normalized spacial score (nSPS) is 10.1. The topological polar surface area (TPSA) is 65.2 Å². The van der Waals surface area contributed by atoms with Crippen LogP contribution in [0.2, 0.25) is 0 Å². The number of benzene rings is 1. The highest BCUT2D eigenvalue weighted by atomic mass is 16.5. The number of ether oxygens (including phenoxy) is 1. The van der Waals surface area contributed by atoms with Crippen LogP contribution in [0.1, 0.15) is 17.3 Å². The van der Waals surface area contributed by atoms with Crippen LogP contribution in [0, 0.1) is 0 Å². The van der Waals surface area contributed by atoms with Gasteiger partial charge in [-0.05, 0) is 13.0 Å². The number of hydrogen-bond acceptors (Lipinski definition) is 4. The van der Waals surface area contributed by atoms with E-state index in [-0.39, 0.29) is 0 Å². The van der Waals surface area contributed by atoms with E-state index < -0.39 is 5.97 Å². The molecule has 0 saturated carbocycles. The van der Waals surface area contributed by atoms with E-state index in [4.69, 9.17) is 10.5 Å². The van der Waals surface area contributed by atoms with Crippen molar-refractivity contribution < 1.29 is 9.53 Å². The fourth-order valence-corrected chi connectivity index (χ4v) is 1.69. The van der Waals surface area contributed by atoms with Gasteiger partial charge in [-0.2, -0.15) is 0 Å². The summed E-state index contributed by atoms with van der Waals surface area (Å²) in [5.74, 6) is -0.422. The quantitative estimate of drug-likeness (QED) is 0.840. The largest absolute Gasteiger partial charge is 0.462 e. The maximum atomic E-state index is 11.7. The summed E-state index contributed by atoms with van der Waals surface area (Å²) in [6.07, 6.45) is 1.56. The lowest BCUT2D eigenvalue weighted by Crippen LogP contribution is -2.09. The first-order valence-corrected chi connectivity index (χ1v) is 5.71. The highest BCUT2D eigenvalue weighted by Gasteiger charge is 2.15. The summed E-state index contributed by atoms with van der Waals surface area (Å²) in [5, 5.41) is 0. The van der Waals surface area contributed by atoms with Gasteiger partial charge in [-0.25, -0.2) is 4.79 Å². The second kappa shape index (κ2) is 5.31. The molecular formula is C14H14N2O2. The molecule has 0 aliphatic carbocycles. The Hall–Kier alpha value is -2.36. The number of nitrogen functional groups attached to an aromatic ring is 1. The molecule has 0 aliphatic rings. The molecule has 0 saturated heterocycles. The Bertz CT molecular complexity index is 553. The van der Waals surface area contributed by atoms with Crippen molar-refractivity contribution in [1.82, 2.24) is 4.98 Å². The van der Waals surface area contributed by atoms with Crippen LogP contribution < -0.4 is 5.73 Å². The molecule has 0 unspecified atom stereocenters. The van der Waals surface area contributed by atoms with Gasteiger partial charge in [-0.3, -0.25) is 4.98 Å². The predicted molar refractivity (Wildman–Crippen MR) is 70.0 cm³/mol. The Balaban J connectivity index is 2.46. The van der Waals surface area contributed by atoms with Crippen molar-refractivity contribution in [3.63, 3.8) is 0 Å². The molecule has 0 amide bonds. The maximum absolute atomic E-state index is 11.7. The van der Waals surface area contributed by atoms with E-state index in [2.05, 4.69) is 4.98 Å². The first kappa shape index (κ1) is 12.1. The molecule has 4 nitrogen and oxygen atoms in total. The molecule has 0 bridgehead atoms. The zero-order valence-electron chi connectivity index (χ0n) is 10.1. The van der Waals surface area contributed by atoms with Crippen LogP contribution >= 0.6 is 0 Å². The Labute approximate surface area is 105 Å². The van der Waals surface area contributed by atoms with Gasteiger partial charge < -0.3 is 10.5 Å². The third-order valence-corrected chi connectivity index (χ3v) is 2.53. The molecule has 92 valence electrons. The number of carbonyl (C=O) groups is 1. The third kappa shape index (κ3) is 2.32. The summed E-state index contributed by atoms with van der Waals surface area (Å²) in [6, 6.07) is 11.1. The van der Waals surface area contributed by atoms with Crippen LogP contribution in [-0.4, -0.2) is 17.6 Å². The lowest BCUT2D eigenvalue weighted by atomic mass is 10.1. The van der Waals surface area contributed by atoms with E-state index in [9.17, 15) is 4.79 Å². The number of aromatic nitrogens is 1. The summed E-state index contributed by atoms with van der Waals surface area (Å²) >= 11 is 0. The second-order valence-corrected chi connectivity index (χ2v) is 3.71. The molecule has 1 heterocycles. The van der Waals surface area contributed by atoms with Crippen molar-refractivity contribution in [2.24, 2.45) is 0 Å². The van der Waals surface area contributed by atoms with Gasteiger partial charge in [0.2, 0.25) is 0 Å². The van der Waals surface area contributed by atoms with Gasteiger partial charge in [0.15, 0.2) is 0 Å². The molecule has 4 heteroatoms. The number of rotatable bonds is 3. The molecule has 2 N–H and O–H groups in total. The Morgan fingerprint density at radius 3 is 2.67 bits per heavy atom. The molecule has 1 aromatic carbocycles.